The van der Waals surface area contributed by atoms with Crippen LogP contribution in [0.4, 0.5) is 0 Å². The Morgan fingerprint density at radius 2 is 0.816 bits per heavy atom. The van der Waals surface area contributed by atoms with Crippen LogP contribution in [0.5, 0.6) is 0 Å². The van der Waals surface area contributed by atoms with Crippen molar-refractivity contribution in [3.8, 4) is 44.6 Å². The molecule has 0 unspecified atom stereocenters. The Kier molecular flexibility index (Phi) is 6.39. The van der Waals surface area contributed by atoms with Gasteiger partial charge in [0.25, 0.3) is 0 Å². The second-order valence-electron chi connectivity index (χ2n) is 12.6. The van der Waals surface area contributed by atoms with Crippen LogP contribution in [0.1, 0.15) is 0 Å². The van der Waals surface area contributed by atoms with Gasteiger partial charge in [0.15, 0.2) is 0 Å². The molecule has 0 bridgehead atoms. The van der Waals surface area contributed by atoms with Gasteiger partial charge >= 0.3 is 0 Å². The maximum absolute atomic E-state index is 5.21. The second kappa shape index (κ2) is 11.2. The smallest absolute Gasteiger partial charge is 0.0979 e. The fraction of sp³-hybridized carbons (Fsp3) is 0. The summed E-state index contributed by atoms with van der Waals surface area (Å²) in [6.07, 6.45) is 1.91. The van der Waals surface area contributed by atoms with Gasteiger partial charge in [0, 0.05) is 36.5 Å². The van der Waals surface area contributed by atoms with Gasteiger partial charge in [-0.3, -0.25) is 4.98 Å². The third-order valence-corrected chi connectivity index (χ3v) is 10.9. The molecule has 0 saturated heterocycles. The van der Waals surface area contributed by atoms with Crippen LogP contribution in [0.2, 0.25) is 0 Å². The molecule has 0 saturated carbocycles. The summed E-state index contributed by atoms with van der Waals surface area (Å²) < 4.78 is 2.66. The summed E-state index contributed by atoms with van der Waals surface area (Å²) in [6, 6.07) is 58.9. The van der Waals surface area contributed by atoms with Gasteiger partial charge in [0.05, 0.1) is 22.9 Å². The molecular weight excluding hydrogens is 613 g/mol. The molecule has 10 aromatic rings. The second-order valence-corrected chi connectivity index (χ2v) is 13.7. The van der Waals surface area contributed by atoms with Gasteiger partial charge in [-0.25, -0.2) is 4.98 Å². The summed E-state index contributed by atoms with van der Waals surface area (Å²) >= 11 is 1.86. The largest absolute Gasteiger partial charge is 0.252 e. The van der Waals surface area contributed by atoms with E-state index in [1.807, 2.05) is 17.5 Å². The van der Waals surface area contributed by atoms with E-state index in [0.717, 1.165) is 38.6 Å². The van der Waals surface area contributed by atoms with Crippen LogP contribution >= 0.6 is 11.3 Å². The van der Waals surface area contributed by atoms with Crippen LogP contribution in [0.15, 0.2) is 170 Å². The minimum absolute atomic E-state index is 0.872. The fourth-order valence-electron chi connectivity index (χ4n) is 7.26. The van der Waals surface area contributed by atoms with E-state index < -0.39 is 0 Å². The van der Waals surface area contributed by atoms with Gasteiger partial charge in [0.2, 0.25) is 0 Å². The van der Waals surface area contributed by atoms with Crippen LogP contribution in [-0.4, -0.2) is 9.97 Å². The van der Waals surface area contributed by atoms with Gasteiger partial charge in [0.1, 0.15) is 0 Å². The first-order chi connectivity index (χ1) is 24.3. The van der Waals surface area contributed by atoms with Gasteiger partial charge in [-0.15, -0.1) is 11.3 Å². The zero-order valence-electron chi connectivity index (χ0n) is 26.5. The monoisotopic (exact) mass is 640 g/mol. The van der Waals surface area contributed by atoms with E-state index in [1.165, 1.54) is 58.8 Å². The SMILES string of the molecule is c1cc(-c2ccc(-c3cccc(-c4cnc5c6ccccc6c6ccccc6c5n4)c3)cc2)cc(-c2ccc3sc4ccccc4c3c2)c1. The number of fused-ring (bicyclic) bond motifs is 9. The fourth-order valence-corrected chi connectivity index (χ4v) is 8.35. The molecule has 2 aromatic heterocycles. The van der Waals surface area contributed by atoms with Crippen molar-refractivity contribution in [1.82, 2.24) is 9.97 Å². The highest BCUT2D eigenvalue weighted by Crippen LogP contribution is 2.38. The van der Waals surface area contributed by atoms with Crippen molar-refractivity contribution in [3.05, 3.63) is 170 Å². The lowest BCUT2D eigenvalue weighted by atomic mass is 9.96. The van der Waals surface area contributed by atoms with E-state index in [2.05, 4.69) is 164 Å². The molecule has 0 spiro atoms. The average molecular weight is 641 g/mol. The van der Waals surface area contributed by atoms with Gasteiger partial charge < -0.3 is 0 Å². The van der Waals surface area contributed by atoms with E-state index in [4.69, 9.17) is 9.97 Å². The Bertz CT molecular complexity index is 2850. The molecular formula is C46H28N2S. The van der Waals surface area contributed by atoms with Crippen molar-refractivity contribution >= 4 is 64.1 Å². The van der Waals surface area contributed by atoms with Crippen molar-refractivity contribution in [3.63, 3.8) is 0 Å². The number of thiophene rings is 1. The van der Waals surface area contributed by atoms with Crippen LogP contribution in [0.3, 0.4) is 0 Å². The molecule has 3 heteroatoms. The average Bonchev–Trinajstić information content (AvgIpc) is 3.56. The van der Waals surface area contributed by atoms with E-state index >= 15 is 0 Å². The van der Waals surface area contributed by atoms with Crippen molar-refractivity contribution in [2.24, 2.45) is 0 Å². The van der Waals surface area contributed by atoms with E-state index in [0.29, 0.717) is 0 Å². The summed E-state index contributed by atoms with van der Waals surface area (Å²) in [5.74, 6) is 0. The quantitative estimate of drug-likeness (QED) is 0.179. The molecule has 0 aliphatic rings. The number of rotatable bonds is 4. The molecule has 0 atom stereocenters. The Morgan fingerprint density at radius 3 is 1.51 bits per heavy atom. The third kappa shape index (κ3) is 4.70. The molecule has 2 heterocycles. The number of hydrogen-bond acceptors (Lipinski definition) is 3. The summed E-state index contributed by atoms with van der Waals surface area (Å²) in [4.78, 5) is 10.2. The minimum atomic E-state index is 0.872. The van der Waals surface area contributed by atoms with Crippen molar-refractivity contribution < 1.29 is 0 Å². The zero-order valence-corrected chi connectivity index (χ0v) is 27.3. The van der Waals surface area contributed by atoms with Crippen LogP contribution < -0.4 is 0 Å². The molecule has 0 fully saturated rings. The first kappa shape index (κ1) is 27.9. The van der Waals surface area contributed by atoms with Crippen molar-refractivity contribution in [2.75, 3.05) is 0 Å². The molecule has 228 valence electrons. The van der Waals surface area contributed by atoms with Gasteiger partial charge in [-0.05, 0) is 74.5 Å². The molecule has 0 N–H and O–H groups in total. The Labute approximate surface area is 287 Å². The van der Waals surface area contributed by atoms with Crippen molar-refractivity contribution in [1.29, 1.82) is 0 Å². The first-order valence-corrected chi connectivity index (χ1v) is 17.4. The normalized spacial score (nSPS) is 11.7. The highest BCUT2D eigenvalue weighted by molar-refractivity contribution is 7.25. The Balaban J connectivity index is 0.980. The van der Waals surface area contributed by atoms with Crippen LogP contribution in [0, 0.1) is 0 Å². The van der Waals surface area contributed by atoms with E-state index in [1.54, 1.807) is 0 Å². The lowest BCUT2D eigenvalue weighted by molar-refractivity contribution is 1.31. The van der Waals surface area contributed by atoms with Gasteiger partial charge in [-0.2, -0.15) is 0 Å². The van der Waals surface area contributed by atoms with E-state index in [-0.39, 0.29) is 0 Å². The highest BCUT2D eigenvalue weighted by atomic mass is 32.1. The molecule has 2 nitrogen and oxygen atoms in total. The maximum Gasteiger partial charge on any atom is 0.0979 e. The van der Waals surface area contributed by atoms with Crippen LogP contribution in [-0.2, 0) is 0 Å². The molecule has 0 amide bonds. The topological polar surface area (TPSA) is 25.8 Å². The number of benzene rings is 8. The van der Waals surface area contributed by atoms with Gasteiger partial charge in [-0.1, -0.05) is 133 Å². The number of hydrogen-bond donors (Lipinski definition) is 0. The van der Waals surface area contributed by atoms with E-state index in [9.17, 15) is 0 Å². The number of aromatic nitrogens is 2. The summed E-state index contributed by atoms with van der Waals surface area (Å²) in [5, 5.41) is 7.32. The summed E-state index contributed by atoms with van der Waals surface area (Å²) in [5.41, 5.74) is 11.0. The predicted octanol–water partition coefficient (Wildman–Crippen LogP) is 13.0. The molecule has 49 heavy (non-hydrogen) atoms. The summed E-state index contributed by atoms with van der Waals surface area (Å²) in [7, 11) is 0. The lowest BCUT2D eigenvalue weighted by Gasteiger charge is -2.11. The summed E-state index contributed by atoms with van der Waals surface area (Å²) in [6.45, 7) is 0. The third-order valence-electron chi connectivity index (χ3n) is 9.71. The maximum atomic E-state index is 5.21. The zero-order chi connectivity index (χ0) is 32.3. The minimum Gasteiger partial charge on any atom is -0.252 e. The standard InChI is InChI=1S/C46H28N2S/c1-3-16-39-36(13-1)37-14-2-4-17-40(37)46-45(39)47-28-42(48-46)35-12-8-10-32(26-35)30-21-19-29(20-22-30)31-9-7-11-33(25-31)34-23-24-44-41(27-34)38-15-5-6-18-43(38)49-44/h1-28H. The lowest BCUT2D eigenvalue weighted by Crippen LogP contribution is -1.92. The number of nitrogens with zero attached hydrogens (tertiary/aromatic N) is 2. The molecule has 10 rings (SSSR count). The van der Waals surface area contributed by atoms with Crippen molar-refractivity contribution in [2.45, 2.75) is 0 Å². The molecule has 0 radical (unpaired) electrons. The molecule has 0 aliphatic heterocycles. The first-order valence-electron chi connectivity index (χ1n) is 16.6. The van der Waals surface area contributed by atoms with Crippen LogP contribution in [0.25, 0.3) is 97.4 Å². The molecule has 0 aliphatic carbocycles. The Morgan fingerprint density at radius 1 is 0.327 bits per heavy atom. The highest BCUT2D eigenvalue weighted by Gasteiger charge is 2.13. The molecule has 8 aromatic carbocycles. The Hall–Kier alpha value is -6.16. The predicted molar refractivity (Wildman–Crippen MR) is 209 cm³/mol.